The molecular weight excluding hydrogens is 431 g/mol. The summed E-state index contributed by atoms with van der Waals surface area (Å²) in [6.45, 7) is 3.84. The summed E-state index contributed by atoms with van der Waals surface area (Å²) in [7, 11) is -3.46. The second-order valence-corrected chi connectivity index (χ2v) is 8.77. The Bertz CT molecular complexity index is 1180. The third kappa shape index (κ3) is 6.76. The fourth-order valence-electron chi connectivity index (χ4n) is 2.86. The minimum Gasteiger partial charge on any atom is -0.488 e. The lowest BCUT2D eigenvalue weighted by Crippen LogP contribution is -2.25. The first-order valence-corrected chi connectivity index (χ1v) is 11.5. The zero-order chi connectivity index (χ0) is 23.0. The molecule has 0 spiro atoms. The molecule has 0 aliphatic carbocycles. The minimum absolute atomic E-state index is 0.166. The van der Waals surface area contributed by atoms with E-state index in [1.54, 1.807) is 60.7 Å². The quantitative estimate of drug-likeness (QED) is 0.448. The molecule has 0 aliphatic rings. The Hall–Kier alpha value is -3.49. The molecule has 2 N–H and O–H groups in total. The van der Waals surface area contributed by atoms with Gasteiger partial charge in [0.15, 0.2) is 0 Å². The van der Waals surface area contributed by atoms with E-state index in [9.17, 15) is 17.6 Å². The molecular formula is C24H23FN2O4S. The second-order valence-electron chi connectivity index (χ2n) is 6.96. The largest absolute Gasteiger partial charge is 0.488 e. The molecule has 0 radical (unpaired) electrons. The summed E-state index contributed by atoms with van der Waals surface area (Å²) < 4.78 is 45.2. The highest BCUT2D eigenvalue weighted by Gasteiger charge is 2.14. The van der Waals surface area contributed by atoms with E-state index in [1.165, 1.54) is 18.2 Å². The normalized spacial score (nSPS) is 11.0. The number of sulfonamides is 1. The van der Waals surface area contributed by atoms with Gasteiger partial charge in [-0.1, -0.05) is 42.5 Å². The van der Waals surface area contributed by atoms with Gasteiger partial charge in [-0.25, -0.2) is 17.5 Å². The Morgan fingerprint density at radius 3 is 2.31 bits per heavy atom. The van der Waals surface area contributed by atoms with Crippen LogP contribution in [-0.2, 0) is 22.4 Å². The summed E-state index contributed by atoms with van der Waals surface area (Å²) in [4.78, 5) is 12.8. The molecule has 8 heteroatoms. The fraction of sp³-hybridized carbons (Fsp3) is 0.125. The topological polar surface area (TPSA) is 84.5 Å². The Kier molecular flexibility index (Phi) is 7.75. The Morgan fingerprint density at radius 1 is 0.969 bits per heavy atom. The predicted molar refractivity (Wildman–Crippen MR) is 122 cm³/mol. The molecule has 0 heterocycles. The number of benzene rings is 3. The van der Waals surface area contributed by atoms with Crippen molar-refractivity contribution in [1.29, 1.82) is 0 Å². The molecule has 0 fully saturated rings. The molecule has 166 valence electrons. The average Bonchev–Trinajstić information content (AvgIpc) is 2.78. The Morgan fingerprint density at radius 2 is 1.62 bits per heavy atom. The third-order valence-corrected chi connectivity index (χ3v) is 5.78. The zero-order valence-corrected chi connectivity index (χ0v) is 18.1. The number of carbonyl (C=O) groups excluding carboxylic acids is 1. The number of hydrogen-bond acceptors (Lipinski definition) is 4. The molecule has 3 rings (SSSR count). The summed E-state index contributed by atoms with van der Waals surface area (Å²) in [6.07, 6.45) is 1.47. The molecule has 1 amide bonds. The van der Waals surface area contributed by atoms with Crippen LogP contribution in [0.4, 0.5) is 10.1 Å². The standard InChI is InChI=1S/C24H23FN2O4S/c1-2-15-26-32(29,30)17-19-9-13-21(14-10-19)27-24(28)22-5-3-4-6-23(22)31-16-18-7-11-20(25)12-8-18/h2-14,26H,1,15-17H2,(H,27,28). The molecule has 3 aromatic rings. The van der Waals surface area contributed by atoms with Crippen molar-refractivity contribution in [3.8, 4) is 5.75 Å². The molecule has 3 aromatic carbocycles. The van der Waals surface area contributed by atoms with Crippen molar-refractivity contribution >= 4 is 21.6 Å². The SMILES string of the molecule is C=CCNS(=O)(=O)Cc1ccc(NC(=O)c2ccccc2OCc2ccc(F)cc2)cc1. The average molecular weight is 455 g/mol. The van der Waals surface area contributed by atoms with Crippen LogP contribution in [0.1, 0.15) is 21.5 Å². The van der Waals surface area contributed by atoms with Crippen molar-refractivity contribution in [2.75, 3.05) is 11.9 Å². The first-order chi connectivity index (χ1) is 15.4. The molecule has 0 saturated heterocycles. The highest BCUT2D eigenvalue weighted by atomic mass is 32.2. The van der Waals surface area contributed by atoms with E-state index in [1.807, 2.05) is 0 Å². The smallest absolute Gasteiger partial charge is 0.259 e. The van der Waals surface area contributed by atoms with E-state index in [0.717, 1.165) is 5.56 Å². The highest BCUT2D eigenvalue weighted by molar-refractivity contribution is 7.88. The van der Waals surface area contributed by atoms with Gasteiger partial charge in [-0.05, 0) is 47.5 Å². The lowest BCUT2D eigenvalue weighted by atomic mass is 10.1. The van der Waals surface area contributed by atoms with Crippen molar-refractivity contribution in [3.63, 3.8) is 0 Å². The van der Waals surface area contributed by atoms with E-state index in [0.29, 0.717) is 22.6 Å². The maximum absolute atomic E-state index is 13.1. The lowest BCUT2D eigenvalue weighted by molar-refractivity contribution is 0.102. The van der Waals surface area contributed by atoms with Gasteiger partial charge in [0.05, 0.1) is 11.3 Å². The lowest BCUT2D eigenvalue weighted by Gasteiger charge is -2.12. The van der Waals surface area contributed by atoms with Crippen LogP contribution in [0.25, 0.3) is 0 Å². The number of nitrogens with one attached hydrogen (secondary N) is 2. The van der Waals surface area contributed by atoms with Crippen LogP contribution in [0, 0.1) is 5.82 Å². The number of rotatable bonds is 10. The molecule has 32 heavy (non-hydrogen) atoms. The number of halogens is 1. The first-order valence-electron chi connectivity index (χ1n) is 9.81. The van der Waals surface area contributed by atoms with Crippen LogP contribution in [-0.4, -0.2) is 20.9 Å². The van der Waals surface area contributed by atoms with Gasteiger partial charge in [0.1, 0.15) is 18.2 Å². The van der Waals surface area contributed by atoms with E-state index in [4.69, 9.17) is 4.74 Å². The number of amides is 1. The van der Waals surface area contributed by atoms with Crippen LogP contribution < -0.4 is 14.8 Å². The van der Waals surface area contributed by atoms with Crippen molar-refractivity contribution in [2.24, 2.45) is 0 Å². The van der Waals surface area contributed by atoms with Gasteiger partial charge in [-0.15, -0.1) is 6.58 Å². The van der Waals surface area contributed by atoms with Crippen LogP contribution in [0.3, 0.4) is 0 Å². The molecule has 0 aliphatic heterocycles. The van der Waals surface area contributed by atoms with Gasteiger partial charge in [0.25, 0.3) is 5.91 Å². The summed E-state index contributed by atoms with van der Waals surface area (Å²) >= 11 is 0. The minimum atomic E-state index is -3.46. The van der Waals surface area contributed by atoms with Gasteiger partial charge in [-0.2, -0.15) is 0 Å². The van der Waals surface area contributed by atoms with Gasteiger partial charge >= 0.3 is 0 Å². The summed E-state index contributed by atoms with van der Waals surface area (Å²) in [5, 5.41) is 2.78. The highest BCUT2D eigenvalue weighted by Crippen LogP contribution is 2.21. The monoisotopic (exact) mass is 454 g/mol. The van der Waals surface area contributed by atoms with Crippen molar-refractivity contribution in [3.05, 3.63) is 108 Å². The van der Waals surface area contributed by atoms with Gasteiger partial charge in [0.2, 0.25) is 10.0 Å². The van der Waals surface area contributed by atoms with Crippen LogP contribution in [0.5, 0.6) is 5.75 Å². The van der Waals surface area contributed by atoms with Crippen molar-refractivity contribution < 1.29 is 22.3 Å². The molecule has 0 aromatic heterocycles. The second kappa shape index (κ2) is 10.7. The summed E-state index contributed by atoms with van der Waals surface area (Å²) in [6, 6.07) is 19.3. The fourth-order valence-corrected chi connectivity index (χ4v) is 3.97. The van der Waals surface area contributed by atoms with Crippen LogP contribution >= 0.6 is 0 Å². The predicted octanol–water partition coefficient (Wildman–Crippen LogP) is 4.26. The van der Waals surface area contributed by atoms with E-state index in [-0.39, 0.29) is 30.6 Å². The first kappa shape index (κ1) is 23.2. The number of hydrogen-bond donors (Lipinski definition) is 2. The maximum Gasteiger partial charge on any atom is 0.259 e. The Balaban J connectivity index is 1.64. The third-order valence-electron chi connectivity index (χ3n) is 4.46. The Labute approximate surface area is 186 Å². The number of anilines is 1. The summed E-state index contributed by atoms with van der Waals surface area (Å²) in [5.74, 6) is -0.474. The number of carbonyl (C=O) groups is 1. The molecule has 0 unspecified atom stereocenters. The molecule has 6 nitrogen and oxygen atoms in total. The summed E-state index contributed by atoms with van der Waals surface area (Å²) in [5.41, 5.74) is 2.22. The van der Waals surface area contributed by atoms with Gasteiger partial charge in [-0.3, -0.25) is 4.79 Å². The zero-order valence-electron chi connectivity index (χ0n) is 17.3. The number of para-hydroxylation sites is 1. The van der Waals surface area contributed by atoms with E-state index < -0.39 is 10.0 Å². The van der Waals surface area contributed by atoms with E-state index in [2.05, 4.69) is 16.6 Å². The number of ether oxygens (including phenoxy) is 1. The van der Waals surface area contributed by atoms with Crippen LogP contribution in [0.2, 0.25) is 0 Å². The van der Waals surface area contributed by atoms with E-state index >= 15 is 0 Å². The van der Waals surface area contributed by atoms with Crippen LogP contribution in [0.15, 0.2) is 85.5 Å². The molecule has 0 bridgehead atoms. The maximum atomic E-state index is 13.1. The van der Waals surface area contributed by atoms with Gasteiger partial charge < -0.3 is 10.1 Å². The van der Waals surface area contributed by atoms with Gasteiger partial charge in [0, 0.05) is 12.2 Å². The molecule has 0 atom stereocenters. The van der Waals surface area contributed by atoms with Crippen molar-refractivity contribution in [1.82, 2.24) is 4.72 Å². The molecule has 0 saturated carbocycles. The van der Waals surface area contributed by atoms with Crippen molar-refractivity contribution in [2.45, 2.75) is 12.4 Å².